The Morgan fingerprint density at radius 3 is 2.21 bits per heavy atom. The number of hydrogen-bond donors (Lipinski definition) is 1. The molecule has 1 amide bonds. The van der Waals surface area contributed by atoms with Gasteiger partial charge in [0.05, 0.1) is 41.0 Å². The summed E-state index contributed by atoms with van der Waals surface area (Å²) >= 11 is 0. The molecule has 0 fully saturated rings. The minimum atomic E-state index is -0.956. The number of alkyl carbamates (subject to hydrolysis) is 1. The van der Waals surface area contributed by atoms with Gasteiger partial charge in [0.2, 0.25) is 5.75 Å². The SMILES string of the molecule is CCC(C)C(NC(=O)OC(C)(C)C)C(=O)Oc1cc(CC2COc3cc(OC)c(OC)c(OC)c3C2=O)ccc1OC. The Morgan fingerprint density at radius 1 is 0.976 bits per heavy atom. The molecule has 0 radical (unpaired) electrons. The number of carbonyl (C=O) groups is 3. The van der Waals surface area contributed by atoms with Crippen LogP contribution in [0.3, 0.4) is 0 Å². The van der Waals surface area contributed by atoms with Gasteiger partial charge in [-0.2, -0.15) is 0 Å². The van der Waals surface area contributed by atoms with Crippen molar-refractivity contribution in [2.75, 3.05) is 35.0 Å². The highest BCUT2D eigenvalue weighted by molar-refractivity contribution is 6.05. The summed E-state index contributed by atoms with van der Waals surface area (Å²) in [5, 5.41) is 2.64. The van der Waals surface area contributed by atoms with Crippen LogP contribution < -0.4 is 33.7 Å². The van der Waals surface area contributed by atoms with Gasteiger partial charge in [-0.15, -0.1) is 0 Å². The van der Waals surface area contributed by atoms with Crippen LogP contribution in [0.1, 0.15) is 57.0 Å². The number of ether oxygens (including phenoxy) is 7. The van der Waals surface area contributed by atoms with Crippen LogP contribution in [0.25, 0.3) is 0 Å². The number of rotatable bonds is 11. The summed E-state index contributed by atoms with van der Waals surface area (Å²) in [6.07, 6.45) is 0.180. The third-order valence-corrected chi connectivity index (χ3v) is 6.91. The second kappa shape index (κ2) is 13.7. The molecule has 0 bridgehead atoms. The Hall–Kier alpha value is -4.15. The van der Waals surface area contributed by atoms with Gasteiger partial charge in [0.15, 0.2) is 28.8 Å². The van der Waals surface area contributed by atoms with Crippen molar-refractivity contribution in [2.24, 2.45) is 11.8 Å². The van der Waals surface area contributed by atoms with Gasteiger partial charge >= 0.3 is 12.1 Å². The molecule has 0 saturated carbocycles. The second-order valence-corrected chi connectivity index (χ2v) is 11.0. The summed E-state index contributed by atoms with van der Waals surface area (Å²) in [6.45, 7) is 9.09. The van der Waals surface area contributed by atoms with E-state index < -0.39 is 29.6 Å². The Morgan fingerprint density at radius 2 is 1.64 bits per heavy atom. The molecule has 11 nitrogen and oxygen atoms in total. The normalized spacial score (nSPS) is 15.8. The number of ketones is 1. The van der Waals surface area contributed by atoms with Crippen LogP contribution in [0.2, 0.25) is 0 Å². The molecule has 3 rings (SSSR count). The molecule has 3 atom stereocenters. The lowest BCUT2D eigenvalue weighted by molar-refractivity contribution is -0.138. The van der Waals surface area contributed by atoms with Gasteiger partial charge in [-0.3, -0.25) is 4.79 Å². The molecule has 0 spiro atoms. The lowest BCUT2D eigenvalue weighted by Crippen LogP contribution is -2.48. The average molecular weight is 588 g/mol. The first kappa shape index (κ1) is 32.4. The van der Waals surface area contributed by atoms with Gasteiger partial charge in [-0.05, 0) is 50.8 Å². The minimum Gasteiger partial charge on any atom is -0.493 e. The fourth-order valence-corrected chi connectivity index (χ4v) is 4.59. The molecular weight excluding hydrogens is 546 g/mol. The molecule has 0 aromatic heterocycles. The fraction of sp³-hybridized carbons (Fsp3) is 0.516. The van der Waals surface area contributed by atoms with E-state index in [1.54, 1.807) is 45.0 Å². The van der Waals surface area contributed by atoms with Crippen LogP contribution in [0.5, 0.6) is 34.5 Å². The maximum Gasteiger partial charge on any atom is 0.408 e. The zero-order valence-corrected chi connectivity index (χ0v) is 25.7. The van der Waals surface area contributed by atoms with Crippen LogP contribution >= 0.6 is 0 Å². The zero-order chi connectivity index (χ0) is 31.2. The number of carbonyl (C=O) groups excluding carboxylic acids is 3. The molecule has 230 valence electrons. The minimum absolute atomic E-state index is 0.127. The van der Waals surface area contributed by atoms with Crippen LogP contribution in [0.4, 0.5) is 4.79 Å². The van der Waals surface area contributed by atoms with E-state index in [9.17, 15) is 14.4 Å². The Balaban J connectivity index is 1.85. The average Bonchev–Trinajstić information content (AvgIpc) is 2.95. The van der Waals surface area contributed by atoms with Gasteiger partial charge in [0, 0.05) is 6.07 Å². The van der Waals surface area contributed by atoms with E-state index in [0.29, 0.717) is 35.0 Å². The second-order valence-electron chi connectivity index (χ2n) is 11.0. The zero-order valence-electron chi connectivity index (χ0n) is 25.7. The largest absolute Gasteiger partial charge is 0.493 e. The summed E-state index contributed by atoms with van der Waals surface area (Å²) in [5.74, 6) is 0.122. The van der Waals surface area contributed by atoms with Crippen molar-refractivity contribution in [1.29, 1.82) is 0 Å². The maximum atomic E-state index is 13.6. The highest BCUT2D eigenvalue weighted by Gasteiger charge is 2.36. The van der Waals surface area contributed by atoms with Crippen LogP contribution in [-0.4, -0.2) is 64.5 Å². The quantitative estimate of drug-likeness (QED) is 0.283. The lowest BCUT2D eigenvalue weighted by atomic mass is 9.88. The first-order chi connectivity index (χ1) is 19.9. The van der Waals surface area contributed by atoms with Gasteiger partial charge in [0.1, 0.15) is 23.0 Å². The van der Waals surface area contributed by atoms with E-state index in [1.807, 2.05) is 13.8 Å². The van der Waals surface area contributed by atoms with Crippen molar-refractivity contribution in [3.63, 3.8) is 0 Å². The van der Waals surface area contributed by atoms with E-state index >= 15 is 0 Å². The number of hydrogen-bond acceptors (Lipinski definition) is 10. The Labute approximate surface area is 246 Å². The molecule has 1 heterocycles. The van der Waals surface area contributed by atoms with Crippen molar-refractivity contribution in [1.82, 2.24) is 5.32 Å². The van der Waals surface area contributed by atoms with Gasteiger partial charge < -0.3 is 38.5 Å². The van der Waals surface area contributed by atoms with Crippen molar-refractivity contribution in [2.45, 2.75) is 59.1 Å². The van der Waals surface area contributed by atoms with Crippen molar-refractivity contribution in [3.05, 3.63) is 35.4 Å². The van der Waals surface area contributed by atoms with Crippen molar-refractivity contribution in [3.8, 4) is 34.5 Å². The van der Waals surface area contributed by atoms with Gasteiger partial charge in [0.25, 0.3) is 0 Å². The third kappa shape index (κ3) is 7.37. The standard InChI is InChI=1S/C31H41NO10/c1-10-17(2)25(32-30(35)42-31(3,4)5)29(34)41-21-14-18(11-12-20(21)36-6)13-19-16-40-22-15-23(37-7)27(38-8)28(39-9)24(22)26(19)33/h11-12,14-15,17,19,25H,10,13,16H2,1-9H3,(H,32,35). The summed E-state index contributed by atoms with van der Waals surface area (Å²) in [4.78, 5) is 39.4. The van der Waals surface area contributed by atoms with E-state index in [1.165, 1.54) is 28.4 Å². The van der Waals surface area contributed by atoms with E-state index in [-0.39, 0.29) is 41.8 Å². The lowest BCUT2D eigenvalue weighted by Gasteiger charge is -2.27. The van der Waals surface area contributed by atoms with E-state index in [4.69, 9.17) is 33.2 Å². The molecule has 3 unspecified atom stereocenters. The number of amides is 1. The Bertz CT molecular complexity index is 1300. The number of fused-ring (bicyclic) bond motifs is 1. The number of nitrogens with one attached hydrogen (secondary N) is 1. The molecule has 2 aromatic rings. The molecule has 0 aliphatic carbocycles. The molecule has 0 saturated heterocycles. The summed E-state index contributed by atoms with van der Waals surface area (Å²) in [6, 6.07) is 5.74. The summed E-state index contributed by atoms with van der Waals surface area (Å²) < 4.78 is 38.8. The molecule has 1 N–H and O–H groups in total. The molecule has 2 aromatic carbocycles. The smallest absolute Gasteiger partial charge is 0.408 e. The van der Waals surface area contributed by atoms with Crippen LogP contribution in [0.15, 0.2) is 24.3 Å². The Kier molecular flexibility index (Phi) is 10.5. The van der Waals surface area contributed by atoms with Crippen LogP contribution in [0, 0.1) is 11.8 Å². The summed E-state index contributed by atoms with van der Waals surface area (Å²) in [5.41, 5.74) is 0.257. The number of methoxy groups -OCH3 is 4. The molecule has 1 aliphatic rings. The number of esters is 1. The number of benzene rings is 2. The first-order valence-corrected chi connectivity index (χ1v) is 13.7. The maximum absolute atomic E-state index is 13.6. The molecule has 42 heavy (non-hydrogen) atoms. The van der Waals surface area contributed by atoms with Crippen molar-refractivity contribution >= 4 is 17.8 Å². The predicted molar refractivity (Wildman–Crippen MR) is 154 cm³/mol. The van der Waals surface area contributed by atoms with E-state index in [0.717, 1.165) is 0 Å². The highest BCUT2D eigenvalue weighted by Crippen LogP contribution is 2.47. The summed E-state index contributed by atoms with van der Waals surface area (Å²) in [7, 11) is 5.86. The molecule has 11 heteroatoms. The predicted octanol–water partition coefficient (Wildman–Crippen LogP) is 5.00. The molecule has 1 aliphatic heterocycles. The third-order valence-electron chi connectivity index (χ3n) is 6.91. The first-order valence-electron chi connectivity index (χ1n) is 13.7. The van der Waals surface area contributed by atoms with Crippen molar-refractivity contribution < 1.29 is 47.5 Å². The van der Waals surface area contributed by atoms with Gasteiger partial charge in [-0.25, -0.2) is 9.59 Å². The monoisotopic (exact) mass is 587 g/mol. The van der Waals surface area contributed by atoms with E-state index in [2.05, 4.69) is 5.32 Å². The van der Waals surface area contributed by atoms with Gasteiger partial charge in [-0.1, -0.05) is 26.3 Å². The fourth-order valence-electron chi connectivity index (χ4n) is 4.59. The number of Topliss-reactive ketones (excluding diaryl/α,β-unsaturated/α-hetero) is 1. The molecular formula is C31H41NO10. The highest BCUT2D eigenvalue weighted by atomic mass is 16.6. The topological polar surface area (TPSA) is 128 Å². The van der Waals surface area contributed by atoms with Crippen LogP contribution in [-0.2, 0) is 16.0 Å².